The molecule has 0 atom stereocenters. The molecule has 0 unspecified atom stereocenters. The molecule has 14 heteroatoms. The Balaban J connectivity index is 2.52. The summed E-state index contributed by atoms with van der Waals surface area (Å²) in [5.41, 5.74) is -6.86. The number of benzene rings is 1. The molecule has 0 fully saturated rings. The Kier molecular flexibility index (Phi) is 6.67. The highest BCUT2D eigenvalue weighted by atomic mass is 19.4. The number of carbonyl (C=O) groups is 2. The number of carbonyl (C=O) groups excluding carboxylic acids is 2. The summed E-state index contributed by atoms with van der Waals surface area (Å²) >= 11 is 0. The van der Waals surface area contributed by atoms with Crippen LogP contribution in [0, 0.1) is 5.82 Å². The average Bonchev–Trinajstić information content (AvgIpc) is 2.99. The Bertz CT molecular complexity index is 1040. The van der Waals surface area contributed by atoms with Gasteiger partial charge >= 0.3 is 18.3 Å². The first-order valence-electron chi connectivity index (χ1n) is 8.61. The Morgan fingerprint density at radius 2 is 1.66 bits per heavy atom. The number of nitrogens with one attached hydrogen (secondary N) is 1. The monoisotopic (exact) mass is 475 g/mol. The SMILES string of the molecule is CC(=O)NCc1cc(CC(=O)c2c(C(F)(F)F)c(C(F)(F)C(F)(F)F)nn2C)ccc1F. The standard InChI is InChI=1S/C18H14F9N3O2/c1-8(31)28-7-10-5-9(3-4-11(10)19)6-12(32)14-13(17(22,23)24)15(29-30(14)2)16(20,21)18(25,26)27/h3-5H,6-7H2,1-2H3,(H,28,31). The molecule has 1 aromatic carbocycles. The number of nitrogens with zero attached hydrogens (tertiary/aromatic N) is 2. The number of amides is 1. The highest BCUT2D eigenvalue weighted by Gasteiger charge is 2.64. The fraction of sp³-hybridized carbons (Fsp3) is 0.389. The average molecular weight is 475 g/mol. The third-order valence-electron chi connectivity index (χ3n) is 4.25. The Hall–Kier alpha value is -3.06. The van der Waals surface area contributed by atoms with Crippen LogP contribution in [-0.2, 0) is 36.9 Å². The summed E-state index contributed by atoms with van der Waals surface area (Å²) in [6.45, 7) is 0.825. The minimum absolute atomic E-state index is 0.00187. The number of aromatic nitrogens is 2. The van der Waals surface area contributed by atoms with Crippen molar-refractivity contribution >= 4 is 11.7 Å². The number of rotatable bonds is 6. The summed E-state index contributed by atoms with van der Waals surface area (Å²) in [6, 6.07) is 2.91. The molecule has 0 aliphatic rings. The molecule has 32 heavy (non-hydrogen) atoms. The topological polar surface area (TPSA) is 64.0 Å². The third kappa shape index (κ3) is 5.05. The normalized spacial score (nSPS) is 12.7. The van der Waals surface area contributed by atoms with Crippen molar-refractivity contribution in [2.75, 3.05) is 0 Å². The second-order valence-corrected chi connectivity index (χ2v) is 6.70. The number of hydrogen-bond donors (Lipinski definition) is 1. The summed E-state index contributed by atoms with van der Waals surface area (Å²) in [6.07, 6.45) is -13.0. The zero-order chi connectivity index (χ0) is 24.6. The molecule has 0 saturated carbocycles. The van der Waals surface area contributed by atoms with Gasteiger partial charge in [-0.25, -0.2) is 4.39 Å². The van der Waals surface area contributed by atoms with Crippen LogP contribution < -0.4 is 5.32 Å². The van der Waals surface area contributed by atoms with Crippen molar-refractivity contribution < 1.29 is 49.1 Å². The van der Waals surface area contributed by atoms with Crippen molar-refractivity contribution in [3.63, 3.8) is 0 Å². The second-order valence-electron chi connectivity index (χ2n) is 6.70. The Morgan fingerprint density at radius 3 is 2.16 bits per heavy atom. The van der Waals surface area contributed by atoms with Gasteiger partial charge in [-0.2, -0.15) is 40.2 Å². The number of ketones is 1. The van der Waals surface area contributed by atoms with Crippen LogP contribution in [0.4, 0.5) is 39.5 Å². The van der Waals surface area contributed by atoms with E-state index in [1.807, 2.05) is 0 Å². The zero-order valence-electron chi connectivity index (χ0n) is 16.3. The molecule has 176 valence electrons. The van der Waals surface area contributed by atoms with E-state index in [2.05, 4.69) is 10.4 Å². The van der Waals surface area contributed by atoms with E-state index in [1.165, 1.54) is 0 Å². The first-order chi connectivity index (χ1) is 14.5. The lowest BCUT2D eigenvalue weighted by Gasteiger charge is -2.19. The van der Waals surface area contributed by atoms with Gasteiger partial charge in [-0.1, -0.05) is 12.1 Å². The molecular weight excluding hydrogens is 461 g/mol. The highest BCUT2D eigenvalue weighted by Crippen LogP contribution is 2.48. The van der Waals surface area contributed by atoms with E-state index in [4.69, 9.17) is 0 Å². The van der Waals surface area contributed by atoms with E-state index >= 15 is 0 Å². The molecule has 0 saturated heterocycles. The van der Waals surface area contributed by atoms with Crippen molar-refractivity contribution in [1.82, 2.24) is 15.1 Å². The lowest BCUT2D eigenvalue weighted by Crippen LogP contribution is -2.36. The molecule has 0 aliphatic carbocycles. The van der Waals surface area contributed by atoms with E-state index in [-0.39, 0.29) is 22.4 Å². The number of halogens is 9. The fourth-order valence-electron chi connectivity index (χ4n) is 2.83. The summed E-state index contributed by atoms with van der Waals surface area (Å²) in [5, 5.41) is 4.93. The zero-order valence-corrected chi connectivity index (χ0v) is 16.3. The van der Waals surface area contributed by atoms with Gasteiger partial charge in [0.05, 0.1) is 0 Å². The van der Waals surface area contributed by atoms with E-state index in [9.17, 15) is 49.1 Å². The van der Waals surface area contributed by atoms with Crippen molar-refractivity contribution in [3.8, 4) is 0 Å². The molecule has 5 nitrogen and oxygen atoms in total. The molecule has 1 aromatic heterocycles. The molecule has 2 aromatic rings. The molecule has 1 amide bonds. The van der Waals surface area contributed by atoms with E-state index < -0.39 is 59.2 Å². The maximum absolute atomic E-state index is 13.8. The van der Waals surface area contributed by atoms with Crippen LogP contribution in [0.15, 0.2) is 18.2 Å². The number of aryl methyl sites for hydroxylation is 1. The molecule has 0 spiro atoms. The van der Waals surface area contributed by atoms with Gasteiger partial charge in [0.15, 0.2) is 11.5 Å². The largest absolute Gasteiger partial charge is 0.459 e. The van der Waals surface area contributed by atoms with Crippen LogP contribution in [0.3, 0.4) is 0 Å². The molecule has 0 aliphatic heterocycles. The summed E-state index contributed by atoms with van der Waals surface area (Å²) < 4.78 is 120. The second kappa shape index (κ2) is 8.47. The smallest absolute Gasteiger partial charge is 0.352 e. The molecule has 0 radical (unpaired) electrons. The first-order valence-corrected chi connectivity index (χ1v) is 8.61. The maximum atomic E-state index is 13.8. The Labute approximate surface area is 174 Å². The van der Waals surface area contributed by atoms with E-state index in [0.29, 0.717) is 7.05 Å². The van der Waals surface area contributed by atoms with Gasteiger partial charge in [0, 0.05) is 32.5 Å². The van der Waals surface area contributed by atoms with Crippen LogP contribution in [0.5, 0.6) is 0 Å². The van der Waals surface area contributed by atoms with Crippen molar-refractivity contribution in [3.05, 3.63) is 52.1 Å². The van der Waals surface area contributed by atoms with E-state index in [1.54, 1.807) is 0 Å². The van der Waals surface area contributed by atoms with Gasteiger partial charge in [0.2, 0.25) is 5.91 Å². The maximum Gasteiger partial charge on any atom is 0.459 e. The van der Waals surface area contributed by atoms with Crippen LogP contribution in [0.2, 0.25) is 0 Å². The summed E-state index contributed by atoms with van der Waals surface area (Å²) in [4.78, 5) is 23.5. The van der Waals surface area contributed by atoms with Crippen LogP contribution in [-0.4, -0.2) is 27.6 Å². The van der Waals surface area contributed by atoms with E-state index in [0.717, 1.165) is 25.1 Å². The minimum atomic E-state index is -6.39. The summed E-state index contributed by atoms with van der Waals surface area (Å²) in [5.74, 6) is -8.78. The van der Waals surface area contributed by atoms with Gasteiger partial charge in [-0.3, -0.25) is 14.3 Å². The first kappa shape index (κ1) is 25.2. The lowest BCUT2D eigenvalue weighted by atomic mass is 9.99. The predicted octanol–water partition coefficient (Wildman–Crippen LogP) is 4.29. The van der Waals surface area contributed by atoms with Crippen molar-refractivity contribution in [1.29, 1.82) is 0 Å². The van der Waals surface area contributed by atoms with Crippen LogP contribution in [0.1, 0.15) is 39.8 Å². The van der Waals surface area contributed by atoms with Crippen LogP contribution >= 0.6 is 0 Å². The lowest BCUT2D eigenvalue weighted by molar-refractivity contribution is -0.292. The van der Waals surface area contributed by atoms with Gasteiger partial charge in [0.1, 0.15) is 17.1 Å². The number of Topliss-reactive ketones (excluding diaryl/α,β-unsaturated/α-hetero) is 1. The molecule has 2 rings (SSSR count). The number of alkyl halides is 8. The minimum Gasteiger partial charge on any atom is -0.352 e. The number of hydrogen-bond acceptors (Lipinski definition) is 3. The van der Waals surface area contributed by atoms with Crippen molar-refractivity contribution in [2.45, 2.75) is 38.2 Å². The molecular formula is C18H14F9N3O2. The quantitative estimate of drug-likeness (QED) is 0.501. The molecule has 1 N–H and O–H groups in total. The highest BCUT2D eigenvalue weighted by molar-refractivity contribution is 5.97. The summed E-state index contributed by atoms with van der Waals surface area (Å²) in [7, 11) is 0.616. The van der Waals surface area contributed by atoms with Crippen molar-refractivity contribution in [2.24, 2.45) is 7.05 Å². The fourth-order valence-corrected chi connectivity index (χ4v) is 2.83. The Morgan fingerprint density at radius 1 is 1.06 bits per heavy atom. The predicted molar refractivity (Wildman–Crippen MR) is 90.1 cm³/mol. The van der Waals surface area contributed by atoms with Gasteiger partial charge in [-0.05, 0) is 11.6 Å². The van der Waals surface area contributed by atoms with Crippen LogP contribution in [0.25, 0.3) is 0 Å². The molecule has 1 heterocycles. The third-order valence-corrected chi connectivity index (χ3v) is 4.25. The molecule has 0 bridgehead atoms. The van der Waals surface area contributed by atoms with Gasteiger partial charge in [-0.15, -0.1) is 0 Å². The van der Waals surface area contributed by atoms with Gasteiger partial charge < -0.3 is 5.32 Å². The van der Waals surface area contributed by atoms with Gasteiger partial charge in [0.25, 0.3) is 0 Å².